The lowest BCUT2D eigenvalue weighted by Gasteiger charge is -2.06. The maximum atomic E-state index is 5.18. The number of hydrogen-bond acceptors (Lipinski definition) is 6. The molecule has 0 saturated carbocycles. The van der Waals surface area contributed by atoms with Crippen LogP contribution in [0.1, 0.15) is 19.7 Å². The molecule has 0 radical (unpaired) electrons. The highest BCUT2D eigenvalue weighted by Crippen LogP contribution is 2.25. The summed E-state index contributed by atoms with van der Waals surface area (Å²) in [7, 11) is 0. The Balaban J connectivity index is 2.23. The number of nitrogens with zero attached hydrogens (tertiary/aromatic N) is 3. The first kappa shape index (κ1) is 11.9. The molecule has 17 heavy (non-hydrogen) atoms. The summed E-state index contributed by atoms with van der Waals surface area (Å²) >= 11 is 1.39. The minimum atomic E-state index is 0.591. The van der Waals surface area contributed by atoms with Gasteiger partial charge >= 0.3 is 0 Å². The van der Waals surface area contributed by atoms with E-state index < -0.39 is 0 Å². The summed E-state index contributed by atoms with van der Waals surface area (Å²) in [5, 5.41) is 4.62. The Morgan fingerprint density at radius 1 is 1.35 bits per heavy atom. The zero-order valence-electron chi connectivity index (χ0n) is 9.80. The van der Waals surface area contributed by atoms with Gasteiger partial charge in [0.15, 0.2) is 0 Å². The van der Waals surface area contributed by atoms with Gasteiger partial charge in [-0.05, 0) is 18.7 Å². The molecule has 0 aliphatic carbocycles. The zero-order chi connectivity index (χ0) is 12.1. The minimum Gasteiger partial charge on any atom is -0.440 e. The average molecular weight is 250 g/mol. The standard InChI is InChI=1S/C11H14N4OS/c1-3-8-14-9(12-4-2)7-10(15-8)17-11-13-5-6-16-11/h5-7H,3-4H2,1-2H3,(H,12,14,15). The monoisotopic (exact) mass is 250 g/mol. The number of oxazole rings is 1. The van der Waals surface area contributed by atoms with E-state index in [0.717, 1.165) is 29.6 Å². The van der Waals surface area contributed by atoms with Gasteiger partial charge in [-0.3, -0.25) is 0 Å². The molecular weight excluding hydrogens is 236 g/mol. The third-order valence-corrected chi connectivity index (χ3v) is 2.82. The van der Waals surface area contributed by atoms with Crippen molar-refractivity contribution in [3.8, 4) is 0 Å². The van der Waals surface area contributed by atoms with E-state index in [1.54, 1.807) is 12.5 Å². The van der Waals surface area contributed by atoms with Crippen molar-refractivity contribution in [3.05, 3.63) is 24.4 Å². The van der Waals surface area contributed by atoms with Crippen LogP contribution in [0, 0.1) is 0 Å². The number of rotatable bonds is 5. The normalized spacial score (nSPS) is 10.5. The van der Waals surface area contributed by atoms with Crippen molar-refractivity contribution in [1.29, 1.82) is 0 Å². The molecular formula is C11H14N4OS. The summed E-state index contributed by atoms with van der Waals surface area (Å²) in [6.07, 6.45) is 3.98. The number of nitrogens with one attached hydrogen (secondary N) is 1. The van der Waals surface area contributed by atoms with Crippen molar-refractivity contribution in [2.75, 3.05) is 11.9 Å². The molecule has 0 spiro atoms. The van der Waals surface area contributed by atoms with E-state index in [9.17, 15) is 0 Å². The predicted molar refractivity (Wildman–Crippen MR) is 66.2 cm³/mol. The molecule has 0 unspecified atom stereocenters. The van der Waals surface area contributed by atoms with Crippen LogP contribution in [0.5, 0.6) is 0 Å². The topological polar surface area (TPSA) is 63.8 Å². The third kappa shape index (κ3) is 3.20. The molecule has 0 amide bonds. The van der Waals surface area contributed by atoms with Crippen molar-refractivity contribution in [1.82, 2.24) is 15.0 Å². The highest BCUT2D eigenvalue weighted by molar-refractivity contribution is 7.99. The highest BCUT2D eigenvalue weighted by atomic mass is 32.2. The first-order chi connectivity index (χ1) is 8.31. The molecule has 1 N–H and O–H groups in total. The van der Waals surface area contributed by atoms with E-state index >= 15 is 0 Å². The van der Waals surface area contributed by atoms with Crippen LogP contribution in [-0.2, 0) is 6.42 Å². The molecule has 0 atom stereocenters. The first-order valence-corrected chi connectivity index (χ1v) is 6.32. The molecule has 2 heterocycles. The van der Waals surface area contributed by atoms with E-state index in [2.05, 4.69) is 20.3 Å². The lowest BCUT2D eigenvalue weighted by Crippen LogP contribution is -2.03. The average Bonchev–Trinajstić information content (AvgIpc) is 2.82. The quantitative estimate of drug-likeness (QED) is 0.823. The summed E-state index contributed by atoms with van der Waals surface area (Å²) in [6.45, 7) is 4.91. The van der Waals surface area contributed by atoms with E-state index in [4.69, 9.17) is 4.42 Å². The Labute approximate surface area is 104 Å². The van der Waals surface area contributed by atoms with Gasteiger partial charge in [-0.25, -0.2) is 15.0 Å². The Morgan fingerprint density at radius 2 is 2.24 bits per heavy atom. The fourth-order valence-electron chi connectivity index (χ4n) is 1.31. The van der Waals surface area contributed by atoms with Gasteiger partial charge in [0.25, 0.3) is 5.22 Å². The van der Waals surface area contributed by atoms with Crippen LogP contribution in [0.3, 0.4) is 0 Å². The Morgan fingerprint density at radius 3 is 2.88 bits per heavy atom. The van der Waals surface area contributed by atoms with E-state index in [0.29, 0.717) is 5.22 Å². The first-order valence-electron chi connectivity index (χ1n) is 5.51. The lowest BCUT2D eigenvalue weighted by atomic mass is 10.4. The van der Waals surface area contributed by atoms with Crippen LogP contribution in [0.4, 0.5) is 5.82 Å². The van der Waals surface area contributed by atoms with Crippen molar-refractivity contribution >= 4 is 17.6 Å². The van der Waals surface area contributed by atoms with Gasteiger partial charge in [0.1, 0.15) is 22.9 Å². The van der Waals surface area contributed by atoms with Crippen molar-refractivity contribution in [3.63, 3.8) is 0 Å². The SMILES string of the molecule is CCNc1cc(Sc2ncco2)nc(CC)n1. The molecule has 0 bridgehead atoms. The van der Waals surface area contributed by atoms with Gasteiger partial charge in [0.05, 0.1) is 6.20 Å². The molecule has 0 aliphatic rings. The zero-order valence-corrected chi connectivity index (χ0v) is 10.6. The molecule has 2 aromatic rings. The van der Waals surface area contributed by atoms with Crippen LogP contribution in [0.2, 0.25) is 0 Å². The van der Waals surface area contributed by atoms with Crippen molar-refractivity contribution in [2.24, 2.45) is 0 Å². The minimum absolute atomic E-state index is 0.591. The van der Waals surface area contributed by atoms with Crippen LogP contribution in [0.25, 0.3) is 0 Å². The van der Waals surface area contributed by atoms with Crippen LogP contribution in [0.15, 0.2) is 33.2 Å². The molecule has 2 rings (SSSR count). The van der Waals surface area contributed by atoms with Gasteiger partial charge < -0.3 is 9.73 Å². The number of aromatic nitrogens is 3. The molecule has 0 saturated heterocycles. The number of anilines is 1. The van der Waals surface area contributed by atoms with Gasteiger partial charge in [-0.2, -0.15) is 0 Å². The molecule has 2 aromatic heterocycles. The van der Waals surface area contributed by atoms with Gasteiger partial charge in [-0.15, -0.1) is 0 Å². The molecule has 90 valence electrons. The van der Waals surface area contributed by atoms with Crippen LogP contribution < -0.4 is 5.32 Å². The third-order valence-electron chi connectivity index (χ3n) is 2.02. The second kappa shape index (κ2) is 5.67. The Kier molecular flexibility index (Phi) is 3.98. The molecule has 5 nitrogen and oxygen atoms in total. The van der Waals surface area contributed by atoms with Gasteiger partial charge in [0, 0.05) is 19.0 Å². The number of aryl methyl sites for hydroxylation is 1. The van der Waals surface area contributed by atoms with Crippen LogP contribution >= 0.6 is 11.8 Å². The second-order valence-electron chi connectivity index (χ2n) is 3.29. The fraction of sp³-hybridized carbons (Fsp3) is 0.364. The van der Waals surface area contributed by atoms with E-state index in [-0.39, 0.29) is 0 Å². The van der Waals surface area contributed by atoms with Gasteiger partial charge in [0.2, 0.25) is 0 Å². The van der Waals surface area contributed by atoms with Crippen molar-refractivity contribution in [2.45, 2.75) is 30.5 Å². The summed E-state index contributed by atoms with van der Waals surface area (Å²) in [5.41, 5.74) is 0. The molecule has 0 aromatic carbocycles. The summed E-state index contributed by atoms with van der Waals surface area (Å²) in [6, 6.07) is 1.90. The second-order valence-corrected chi connectivity index (χ2v) is 4.26. The van der Waals surface area contributed by atoms with E-state index in [1.165, 1.54) is 11.8 Å². The van der Waals surface area contributed by atoms with E-state index in [1.807, 2.05) is 19.9 Å². The Bertz CT molecular complexity index is 472. The van der Waals surface area contributed by atoms with Crippen LogP contribution in [-0.4, -0.2) is 21.5 Å². The molecule has 6 heteroatoms. The smallest absolute Gasteiger partial charge is 0.261 e. The maximum Gasteiger partial charge on any atom is 0.261 e. The predicted octanol–water partition coefficient (Wildman–Crippen LogP) is 2.61. The maximum absolute atomic E-state index is 5.18. The molecule has 0 fully saturated rings. The van der Waals surface area contributed by atoms with Gasteiger partial charge in [-0.1, -0.05) is 6.92 Å². The highest BCUT2D eigenvalue weighted by Gasteiger charge is 2.07. The lowest BCUT2D eigenvalue weighted by molar-refractivity contribution is 0.454. The summed E-state index contributed by atoms with van der Waals surface area (Å²) in [5.74, 6) is 1.66. The fourth-order valence-corrected chi connectivity index (χ4v) is 2.02. The summed E-state index contributed by atoms with van der Waals surface area (Å²) < 4.78 is 5.18. The molecule has 0 aliphatic heterocycles. The summed E-state index contributed by atoms with van der Waals surface area (Å²) in [4.78, 5) is 12.9. The Hall–Kier alpha value is -1.56. The largest absolute Gasteiger partial charge is 0.440 e. The van der Waals surface area contributed by atoms with Crippen molar-refractivity contribution < 1.29 is 4.42 Å². The number of hydrogen-bond donors (Lipinski definition) is 1.